The summed E-state index contributed by atoms with van der Waals surface area (Å²) in [5, 5.41) is 0. The van der Waals surface area contributed by atoms with Crippen molar-refractivity contribution in [1.82, 2.24) is 0 Å². The monoisotopic (exact) mass is 162 g/mol. The van der Waals surface area contributed by atoms with Crippen LogP contribution in [0.3, 0.4) is 0 Å². The predicted molar refractivity (Wildman–Crippen MR) is 47.2 cm³/mol. The Hall–Kier alpha value is 0.351. The summed E-state index contributed by atoms with van der Waals surface area (Å²) in [6.07, 6.45) is 0. The van der Waals surface area contributed by atoms with E-state index in [0.717, 1.165) is 0 Å². The van der Waals surface area contributed by atoms with E-state index >= 15 is 0 Å². The molecular formula is C4H14OSi3. The molecule has 0 fully saturated rings. The van der Waals surface area contributed by atoms with Crippen molar-refractivity contribution >= 4 is 27.4 Å². The standard InChI is InChI=1S/C4H14OSi3/c1-4-8(2,3)5-7-6/h4H,1,7H2,2-3,6H3. The summed E-state index contributed by atoms with van der Waals surface area (Å²) in [6, 6.07) is 0. The largest absolute Gasteiger partial charge is 0.461 e. The minimum atomic E-state index is -1.32. The van der Waals surface area contributed by atoms with Crippen LogP contribution < -0.4 is 0 Å². The van der Waals surface area contributed by atoms with Crippen LogP contribution in [0.5, 0.6) is 0 Å². The lowest BCUT2D eigenvalue weighted by Gasteiger charge is -2.16. The van der Waals surface area contributed by atoms with Gasteiger partial charge in [0.25, 0.3) is 0 Å². The van der Waals surface area contributed by atoms with Crippen LogP contribution >= 0.6 is 0 Å². The van der Waals surface area contributed by atoms with Crippen molar-refractivity contribution in [2.24, 2.45) is 0 Å². The molecule has 0 heterocycles. The van der Waals surface area contributed by atoms with Gasteiger partial charge in [-0.2, -0.15) is 0 Å². The van der Waals surface area contributed by atoms with Gasteiger partial charge in [-0.25, -0.2) is 0 Å². The molecule has 48 valence electrons. The third-order valence-corrected chi connectivity index (χ3v) is 8.72. The third kappa shape index (κ3) is 3.36. The first-order valence-corrected chi connectivity index (χ1v) is 12.1. The minimum absolute atomic E-state index is 0.0718. The highest BCUT2D eigenvalue weighted by Crippen LogP contribution is 2.01. The molecule has 0 aliphatic rings. The highest BCUT2D eigenvalue weighted by molar-refractivity contribution is 6.92. The smallest absolute Gasteiger partial charge is 0.197 e. The average molecular weight is 162 g/mol. The SMILES string of the molecule is C=C[Si](C)(C)O[SiH2][SiH3]. The van der Waals surface area contributed by atoms with E-state index in [0.29, 0.717) is 0 Å². The first kappa shape index (κ1) is 8.35. The molecule has 0 atom stereocenters. The fourth-order valence-corrected chi connectivity index (χ4v) is 10.6. The fraction of sp³-hybridized carbons (Fsp3) is 0.500. The molecule has 0 bridgehead atoms. The average Bonchev–Trinajstić information content (AvgIpc) is 1.67. The zero-order valence-electron chi connectivity index (χ0n) is 5.90. The Bertz CT molecular complexity index is 81.4. The lowest BCUT2D eigenvalue weighted by Crippen LogP contribution is -2.29. The maximum atomic E-state index is 5.60. The van der Waals surface area contributed by atoms with Gasteiger partial charge < -0.3 is 4.12 Å². The Morgan fingerprint density at radius 2 is 2.25 bits per heavy atom. The molecule has 0 spiro atoms. The summed E-state index contributed by atoms with van der Waals surface area (Å²) in [5.74, 6) is 0. The molecule has 0 aliphatic heterocycles. The van der Waals surface area contributed by atoms with E-state index in [1.165, 1.54) is 9.76 Å². The van der Waals surface area contributed by atoms with Gasteiger partial charge in [-0.05, 0) is 13.1 Å². The quantitative estimate of drug-likeness (QED) is 0.499. The van der Waals surface area contributed by atoms with Crippen LogP contribution in [0.4, 0.5) is 0 Å². The molecule has 4 heteroatoms. The van der Waals surface area contributed by atoms with Crippen LogP contribution in [0.1, 0.15) is 0 Å². The maximum absolute atomic E-state index is 5.60. The Morgan fingerprint density at radius 3 is 2.38 bits per heavy atom. The lowest BCUT2D eigenvalue weighted by molar-refractivity contribution is 0.620. The second kappa shape index (κ2) is 3.39. The second-order valence-corrected chi connectivity index (χ2v) is 9.32. The Labute approximate surface area is 57.4 Å². The first-order valence-electron chi connectivity index (χ1n) is 2.90. The molecule has 0 rings (SSSR count). The van der Waals surface area contributed by atoms with Gasteiger partial charge in [0.05, 0.1) is 0 Å². The van der Waals surface area contributed by atoms with Crippen LogP contribution in [-0.2, 0) is 4.12 Å². The topological polar surface area (TPSA) is 9.23 Å². The van der Waals surface area contributed by atoms with Gasteiger partial charge in [-0.3, -0.25) is 0 Å². The van der Waals surface area contributed by atoms with Gasteiger partial charge in [-0.15, -0.1) is 6.58 Å². The summed E-state index contributed by atoms with van der Waals surface area (Å²) in [5.41, 5.74) is 2.00. The van der Waals surface area contributed by atoms with E-state index in [4.69, 9.17) is 4.12 Å². The fourth-order valence-electron chi connectivity index (χ4n) is 0.431. The number of hydrogen-bond acceptors (Lipinski definition) is 1. The molecule has 0 saturated heterocycles. The summed E-state index contributed by atoms with van der Waals surface area (Å²) in [6.45, 7) is 8.10. The predicted octanol–water partition coefficient (Wildman–Crippen LogP) is -0.703. The maximum Gasteiger partial charge on any atom is 0.197 e. The van der Waals surface area contributed by atoms with Crippen molar-refractivity contribution in [2.45, 2.75) is 13.1 Å². The number of rotatable bonds is 3. The molecular weight excluding hydrogens is 148 g/mol. The third-order valence-electron chi connectivity index (χ3n) is 1.01. The molecule has 0 unspecified atom stereocenters. The van der Waals surface area contributed by atoms with E-state index in [-0.39, 0.29) is 9.28 Å². The highest BCUT2D eigenvalue weighted by atomic mass is 29.1. The summed E-state index contributed by atoms with van der Waals surface area (Å²) in [7, 11) is -0.111. The Morgan fingerprint density at radius 1 is 1.75 bits per heavy atom. The van der Waals surface area contributed by atoms with E-state index in [2.05, 4.69) is 19.7 Å². The summed E-state index contributed by atoms with van der Waals surface area (Å²) in [4.78, 5) is 0. The molecule has 0 aromatic carbocycles. The molecule has 0 amide bonds. The van der Waals surface area contributed by atoms with Crippen molar-refractivity contribution in [2.75, 3.05) is 0 Å². The normalized spacial score (nSPS) is 13.2. The summed E-state index contributed by atoms with van der Waals surface area (Å²) >= 11 is 0. The van der Waals surface area contributed by atoms with Crippen LogP contribution in [0.15, 0.2) is 12.3 Å². The van der Waals surface area contributed by atoms with Crippen molar-refractivity contribution < 1.29 is 4.12 Å². The molecule has 0 saturated carbocycles. The first-order chi connectivity index (χ1) is 3.62. The zero-order valence-corrected chi connectivity index (χ0v) is 10.3. The molecule has 0 N–H and O–H groups in total. The van der Waals surface area contributed by atoms with Crippen molar-refractivity contribution in [3.8, 4) is 0 Å². The van der Waals surface area contributed by atoms with E-state index in [1.807, 2.05) is 5.70 Å². The molecule has 0 aromatic rings. The van der Waals surface area contributed by atoms with Gasteiger partial charge in [0, 0.05) is 9.76 Å². The Balaban J connectivity index is 3.53. The minimum Gasteiger partial charge on any atom is -0.461 e. The van der Waals surface area contributed by atoms with Gasteiger partial charge in [-0.1, -0.05) is 5.70 Å². The van der Waals surface area contributed by atoms with E-state index in [9.17, 15) is 0 Å². The van der Waals surface area contributed by atoms with Crippen LogP contribution in [0.25, 0.3) is 0 Å². The molecule has 0 aliphatic carbocycles. The Kier molecular flexibility index (Phi) is 3.54. The lowest BCUT2D eigenvalue weighted by atomic mass is 11.3. The molecule has 0 radical (unpaired) electrons. The van der Waals surface area contributed by atoms with Crippen molar-refractivity contribution in [1.29, 1.82) is 0 Å². The molecule has 1 nitrogen and oxygen atoms in total. The second-order valence-electron chi connectivity index (χ2n) is 2.24. The summed E-state index contributed by atoms with van der Waals surface area (Å²) < 4.78 is 5.60. The van der Waals surface area contributed by atoms with E-state index < -0.39 is 8.32 Å². The molecule has 0 aromatic heterocycles. The highest BCUT2D eigenvalue weighted by Gasteiger charge is 2.14. The van der Waals surface area contributed by atoms with Crippen LogP contribution in [-0.4, -0.2) is 27.4 Å². The van der Waals surface area contributed by atoms with Gasteiger partial charge in [0.1, 0.15) is 9.28 Å². The van der Waals surface area contributed by atoms with Crippen molar-refractivity contribution in [3.63, 3.8) is 0 Å². The van der Waals surface area contributed by atoms with Gasteiger partial charge in [0.2, 0.25) is 0 Å². The van der Waals surface area contributed by atoms with E-state index in [1.54, 1.807) is 0 Å². The van der Waals surface area contributed by atoms with Crippen molar-refractivity contribution in [3.05, 3.63) is 12.3 Å². The van der Waals surface area contributed by atoms with Gasteiger partial charge >= 0.3 is 0 Å². The van der Waals surface area contributed by atoms with Crippen LogP contribution in [0.2, 0.25) is 13.1 Å². The number of hydrogen-bond donors (Lipinski definition) is 0. The van der Waals surface area contributed by atoms with Crippen LogP contribution in [0, 0.1) is 0 Å². The van der Waals surface area contributed by atoms with Gasteiger partial charge in [0.15, 0.2) is 8.32 Å². The molecule has 8 heavy (non-hydrogen) atoms. The zero-order chi connectivity index (χ0) is 6.62.